The van der Waals surface area contributed by atoms with Gasteiger partial charge in [0.25, 0.3) is 5.56 Å². The van der Waals surface area contributed by atoms with E-state index in [-0.39, 0.29) is 24.1 Å². The van der Waals surface area contributed by atoms with Crippen molar-refractivity contribution in [3.05, 3.63) is 44.6 Å². The molecule has 146 valence electrons. The predicted molar refractivity (Wildman–Crippen MR) is 109 cm³/mol. The van der Waals surface area contributed by atoms with Gasteiger partial charge in [0.05, 0.1) is 15.8 Å². The summed E-state index contributed by atoms with van der Waals surface area (Å²) in [7, 11) is 0. The summed E-state index contributed by atoms with van der Waals surface area (Å²) in [4.78, 5) is 29.5. The van der Waals surface area contributed by atoms with Crippen LogP contribution in [0, 0.1) is 6.92 Å². The van der Waals surface area contributed by atoms with Crippen molar-refractivity contribution in [3.8, 4) is 11.3 Å². The maximum atomic E-state index is 12.8. The lowest BCUT2D eigenvalue weighted by Crippen LogP contribution is -2.37. The second kappa shape index (κ2) is 7.98. The third-order valence-electron chi connectivity index (χ3n) is 4.57. The highest BCUT2D eigenvalue weighted by Gasteiger charge is 2.19. The molecule has 1 aliphatic heterocycles. The molecule has 3 heterocycles. The number of carbonyl (C=O) groups is 1. The first kappa shape index (κ1) is 19.0. The summed E-state index contributed by atoms with van der Waals surface area (Å²) in [5, 5.41) is 8.68. The highest BCUT2D eigenvalue weighted by molar-refractivity contribution is 7.19. The van der Waals surface area contributed by atoms with Crippen LogP contribution in [-0.2, 0) is 16.1 Å². The fraction of sp³-hybridized carbons (Fsp3) is 0.368. The first-order valence-corrected chi connectivity index (χ1v) is 10.2. The number of hydrogen-bond acceptors (Lipinski definition) is 6. The number of thiazole rings is 1. The Balaban J connectivity index is 1.66. The number of aryl methyl sites for hydroxylation is 1. The molecule has 4 rings (SSSR count). The molecule has 3 aromatic rings. The molecule has 0 bridgehead atoms. The summed E-state index contributed by atoms with van der Waals surface area (Å²) in [6.07, 6.45) is 1.98. The lowest BCUT2D eigenvalue weighted by molar-refractivity contribution is -0.122. The number of aromatic nitrogens is 3. The molecule has 1 N–H and O–H groups in total. The number of hydrogen-bond donors (Lipinski definition) is 1. The van der Waals surface area contributed by atoms with Crippen molar-refractivity contribution < 1.29 is 9.53 Å². The Bertz CT molecular complexity index is 1070. The number of nitrogens with one attached hydrogen (secondary N) is 1. The predicted octanol–water partition coefficient (Wildman–Crippen LogP) is 2.78. The summed E-state index contributed by atoms with van der Waals surface area (Å²) < 4.78 is 7.39. The van der Waals surface area contributed by atoms with Gasteiger partial charge >= 0.3 is 0 Å². The van der Waals surface area contributed by atoms with Gasteiger partial charge in [-0.2, -0.15) is 5.10 Å². The molecule has 2 aromatic heterocycles. The van der Waals surface area contributed by atoms with Gasteiger partial charge in [-0.25, -0.2) is 9.67 Å². The van der Waals surface area contributed by atoms with Crippen molar-refractivity contribution in [2.75, 3.05) is 13.2 Å². The largest absolute Gasteiger partial charge is 0.376 e. The van der Waals surface area contributed by atoms with Gasteiger partial charge in [0.15, 0.2) is 5.52 Å². The van der Waals surface area contributed by atoms with Crippen LogP contribution in [-0.4, -0.2) is 39.9 Å². The highest BCUT2D eigenvalue weighted by atomic mass is 35.5. The third kappa shape index (κ3) is 3.94. The molecular weight excluding hydrogens is 400 g/mol. The number of carbonyl (C=O) groups excluding carboxylic acids is 1. The summed E-state index contributed by atoms with van der Waals surface area (Å²) in [6.45, 7) is 2.84. The van der Waals surface area contributed by atoms with Crippen LogP contribution in [0.3, 0.4) is 0 Å². The molecule has 0 aliphatic carbocycles. The molecule has 1 aromatic carbocycles. The van der Waals surface area contributed by atoms with Crippen molar-refractivity contribution in [1.82, 2.24) is 20.1 Å². The first-order valence-electron chi connectivity index (χ1n) is 9.04. The Labute approximate surface area is 170 Å². The summed E-state index contributed by atoms with van der Waals surface area (Å²) in [5.74, 6) is -0.279. The van der Waals surface area contributed by atoms with Crippen LogP contribution in [0.5, 0.6) is 0 Å². The maximum Gasteiger partial charge on any atom is 0.294 e. The monoisotopic (exact) mass is 418 g/mol. The zero-order valence-electron chi connectivity index (χ0n) is 15.3. The zero-order chi connectivity index (χ0) is 19.7. The smallest absolute Gasteiger partial charge is 0.294 e. The Morgan fingerprint density at radius 1 is 1.39 bits per heavy atom. The minimum absolute atomic E-state index is 0.0435. The fourth-order valence-corrected chi connectivity index (χ4v) is 4.24. The van der Waals surface area contributed by atoms with E-state index in [1.54, 1.807) is 12.1 Å². The Kier molecular flexibility index (Phi) is 5.43. The van der Waals surface area contributed by atoms with E-state index in [2.05, 4.69) is 15.4 Å². The van der Waals surface area contributed by atoms with Crippen LogP contribution in [0.15, 0.2) is 29.1 Å². The fourth-order valence-electron chi connectivity index (χ4n) is 3.19. The molecule has 0 saturated carbocycles. The molecule has 1 atom stereocenters. The van der Waals surface area contributed by atoms with Crippen LogP contribution in [0.2, 0.25) is 5.02 Å². The topological polar surface area (TPSA) is 86.1 Å². The second-order valence-corrected chi connectivity index (χ2v) is 8.31. The number of amides is 1. The molecule has 0 spiro atoms. The van der Waals surface area contributed by atoms with Gasteiger partial charge in [-0.1, -0.05) is 23.7 Å². The van der Waals surface area contributed by atoms with Crippen molar-refractivity contribution >= 4 is 39.1 Å². The van der Waals surface area contributed by atoms with Gasteiger partial charge in [-0.3, -0.25) is 9.59 Å². The molecule has 9 heteroatoms. The minimum atomic E-state index is -0.371. The molecule has 1 unspecified atom stereocenters. The summed E-state index contributed by atoms with van der Waals surface area (Å²) in [6, 6.07) is 7.21. The van der Waals surface area contributed by atoms with Crippen LogP contribution in [0.4, 0.5) is 0 Å². The molecule has 0 radical (unpaired) electrons. The molecule has 7 nitrogen and oxygen atoms in total. The first-order chi connectivity index (χ1) is 13.5. The van der Waals surface area contributed by atoms with Gasteiger partial charge in [0.1, 0.15) is 12.2 Å². The standard InChI is InChI=1S/C19H19ClN4O3S/c1-11-22-17-18(28-11)16(12-4-6-13(20)7-5-12)23-24(19(17)26)10-15(25)21-9-14-3-2-8-27-14/h4-7,14H,2-3,8-10H2,1H3,(H,21,25). The number of halogens is 1. The second-order valence-electron chi connectivity index (χ2n) is 6.67. The average Bonchev–Trinajstić information content (AvgIpc) is 3.33. The molecular formula is C19H19ClN4O3S. The number of nitrogens with zero attached hydrogens (tertiary/aromatic N) is 3. The van der Waals surface area contributed by atoms with E-state index in [1.165, 1.54) is 16.0 Å². The lowest BCUT2D eigenvalue weighted by atomic mass is 10.1. The van der Waals surface area contributed by atoms with Gasteiger partial charge in [0, 0.05) is 23.7 Å². The Morgan fingerprint density at radius 3 is 2.89 bits per heavy atom. The van der Waals surface area contributed by atoms with E-state index in [4.69, 9.17) is 16.3 Å². The van der Waals surface area contributed by atoms with Crippen LogP contribution < -0.4 is 10.9 Å². The Hall–Kier alpha value is -2.29. The molecule has 1 amide bonds. The molecule has 28 heavy (non-hydrogen) atoms. The number of rotatable bonds is 5. The number of ether oxygens (including phenoxy) is 1. The molecule has 1 aliphatic rings. The number of benzene rings is 1. The van der Waals surface area contributed by atoms with E-state index in [0.29, 0.717) is 27.5 Å². The van der Waals surface area contributed by atoms with Crippen LogP contribution in [0.1, 0.15) is 17.8 Å². The van der Waals surface area contributed by atoms with Crippen molar-refractivity contribution in [2.45, 2.75) is 32.4 Å². The van der Waals surface area contributed by atoms with Gasteiger partial charge in [-0.05, 0) is 31.9 Å². The van der Waals surface area contributed by atoms with E-state index in [9.17, 15) is 9.59 Å². The van der Waals surface area contributed by atoms with E-state index >= 15 is 0 Å². The SMILES string of the molecule is Cc1nc2c(=O)n(CC(=O)NCC3CCCO3)nc(-c3ccc(Cl)cc3)c2s1. The van der Waals surface area contributed by atoms with Gasteiger partial charge in [-0.15, -0.1) is 11.3 Å². The third-order valence-corrected chi connectivity index (χ3v) is 5.80. The molecule has 1 saturated heterocycles. The number of fused-ring (bicyclic) bond motifs is 1. The molecule has 1 fully saturated rings. The summed E-state index contributed by atoms with van der Waals surface area (Å²) >= 11 is 7.40. The average molecular weight is 419 g/mol. The van der Waals surface area contributed by atoms with Crippen LogP contribution >= 0.6 is 22.9 Å². The van der Waals surface area contributed by atoms with Crippen molar-refractivity contribution in [3.63, 3.8) is 0 Å². The van der Waals surface area contributed by atoms with Gasteiger partial charge in [0.2, 0.25) is 5.91 Å². The maximum absolute atomic E-state index is 12.8. The normalized spacial score (nSPS) is 16.6. The highest BCUT2D eigenvalue weighted by Crippen LogP contribution is 2.30. The Morgan fingerprint density at radius 2 is 2.18 bits per heavy atom. The lowest BCUT2D eigenvalue weighted by Gasteiger charge is -2.12. The van der Waals surface area contributed by atoms with E-state index in [0.717, 1.165) is 30.0 Å². The summed E-state index contributed by atoms with van der Waals surface area (Å²) in [5.41, 5.74) is 1.38. The van der Waals surface area contributed by atoms with E-state index < -0.39 is 0 Å². The minimum Gasteiger partial charge on any atom is -0.376 e. The van der Waals surface area contributed by atoms with Gasteiger partial charge < -0.3 is 10.1 Å². The van der Waals surface area contributed by atoms with Crippen LogP contribution in [0.25, 0.3) is 21.5 Å². The van der Waals surface area contributed by atoms with Crippen molar-refractivity contribution in [1.29, 1.82) is 0 Å². The van der Waals surface area contributed by atoms with E-state index in [1.807, 2.05) is 19.1 Å². The zero-order valence-corrected chi connectivity index (χ0v) is 16.8. The quantitative estimate of drug-likeness (QED) is 0.688. The van der Waals surface area contributed by atoms with Crippen molar-refractivity contribution in [2.24, 2.45) is 0 Å².